The van der Waals surface area contributed by atoms with Crippen molar-refractivity contribution in [3.8, 4) is 34.7 Å². The third-order valence-corrected chi connectivity index (χ3v) is 7.77. The molecule has 2 N–H and O–H groups in total. The molecule has 1 fully saturated rings. The van der Waals surface area contributed by atoms with E-state index in [0.29, 0.717) is 35.5 Å². The Hall–Kier alpha value is -3.79. The van der Waals surface area contributed by atoms with E-state index < -0.39 is 33.8 Å². The molecule has 12 heteroatoms. The Morgan fingerprint density at radius 3 is 2.82 bits per heavy atom. The monoisotopic (exact) mass is 537 g/mol. The van der Waals surface area contributed by atoms with Crippen LogP contribution >= 0.6 is 0 Å². The van der Waals surface area contributed by atoms with E-state index in [9.17, 15) is 23.6 Å². The van der Waals surface area contributed by atoms with E-state index in [2.05, 4.69) is 20.9 Å². The highest BCUT2D eigenvalue weighted by Crippen LogP contribution is 2.38. The molecule has 38 heavy (non-hydrogen) atoms. The number of benzene rings is 2. The topological polar surface area (TPSA) is 159 Å². The summed E-state index contributed by atoms with van der Waals surface area (Å²) >= 11 is 0. The lowest BCUT2D eigenvalue weighted by molar-refractivity contribution is -0.138. The van der Waals surface area contributed by atoms with E-state index >= 15 is 0 Å². The minimum Gasteiger partial charge on any atom is -0.490 e. The zero-order valence-corrected chi connectivity index (χ0v) is 21.7. The lowest BCUT2D eigenvalue weighted by atomic mass is 10.0. The van der Waals surface area contributed by atoms with Gasteiger partial charge in [-0.15, -0.1) is 0 Å². The molecule has 1 atom stereocenters. The molecule has 3 aromatic rings. The molecule has 5 rings (SSSR count). The summed E-state index contributed by atoms with van der Waals surface area (Å²) in [6.07, 6.45) is 0.447. The summed E-state index contributed by atoms with van der Waals surface area (Å²) in [5.41, 5.74) is 3.36. The number of fused-ring (bicyclic) bond motifs is 1. The number of amides is 1. The Morgan fingerprint density at radius 1 is 1.32 bits per heavy atom. The highest BCUT2D eigenvalue weighted by molar-refractivity contribution is 7.90. The molecule has 2 aliphatic rings. The number of carbonyl (C=O) groups is 1. The Morgan fingerprint density at radius 2 is 2.11 bits per heavy atom. The highest BCUT2D eigenvalue weighted by Gasteiger charge is 2.34. The number of sulfonamides is 1. The third-order valence-electron chi connectivity index (χ3n) is 6.50. The number of nitrogens with one attached hydrogen (secondary N) is 1. The number of β-amino-alcohol motifs (C(OH)–C–C–N with tert-alkyl or cyclic N) is 1. The number of nitriles is 1. The van der Waals surface area contributed by atoms with Gasteiger partial charge in [-0.2, -0.15) is 10.2 Å². The maximum Gasteiger partial charge on any atom is 0.258 e. The van der Waals surface area contributed by atoms with Crippen molar-refractivity contribution in [2.75, 3.05) is 18.8 Å². The van der Waals surface area contributed by atoms with E-state index in [-0.39, 0.29) is 25.1 Å². The first-order valence-corrected chi connectivity index (χ1v) is 13.9. The van der Waals surface area contributed by atoms with Crippen LogP contribution in [0.2, 0.25) is 0 Å². The van der Waals surface area contributed by atoms with Gasteiger partial charge in [0.1, 0.15) is 17.6 Å². The zero-order chi connectivity index (χ0) is 27.0. The fourth-order valence-corrected chi connectivity index (χ4v) is 5.98. The lowest BCUT2D eigenvalue weighted by Gasteiger charge is -2.35. The number of carbonyl (C=O) groups excluding carboxylic acids is 1. The van der Waals surface area contributed by atoms with Crippen molar-refractivity contribution in [1.29, 1.82) is 5.26 Å². The summed E-state index contributed by atoms with van der Waals surface area (Å²) in [6, 6.07) is 12.2. The van der Waals surface area contributed by atoms with Crippen LogP contribution in [0.3, 0.4) is 0 Å². The van der Waals surface area contributed by atoms with Crippen molar-refractivity contribution in [2.24, 2.45) is 0 Å². The Labute approximate surface area is 220 Å². The number of rotatable bonds is 8. The highest BCUT2D eigenvalue weighted by atomic mass is 32.2. The number of aliphatic hydroxyl groups is 1. The summed E-state index contributed by atoms with van der Waals surface area (Å²) in [5, 5.41) is 23.0. The van der Waals surface area contributed by atoms with Gasteiger partial charge in [0.25, 0.3) is 5.89 Å². The summed E-state index contributed by atoms with van der Waals surface area (Å²) < 4.78 is 39.2. The standard InChI is InChI=1S/C26H27N5O6S/c1-15(2)36-23-9-6-16(10-17(23)11-27)26-28-25(29-37-26)21-5-3-4-20-19(21)7-8-22(20)30-38(34,35)14-24(33)31-12-18(32)13-31/h3-6,9-10,15,18,22,30,32H,7-8,12-14H2,1-2H3/t22-/m1/s1. The van der Waals surface area contributed by atoms with Crippen molar-refractivity contribution in [3.05, 3.63) is 53.1 Å². The van der Waals surface area contributed by atoms with Crippen LogP contribution in [0.25, 0.3) is 22.8 Å². The summed E-state index contributed by atoms with van der Waals surface area (Å²) in [6.45, 7) is 4.08. The summed E-state index contributed by atoms with van der Waals surface area (Å²) in [4.78, 5) is 18.1. The van der Waals surface area contributed by atoms with E-state index in [1.165, 1.54) is 4.90 Å². The molecule has 2 aromatic carbocycles. The Kier molecular flexibility index (Phi) is 6.92. The van der Waals surface area contributed by atoms with Gasteiger partial charge in [0.15, 0.2) is 0 Å². The van der Waals surface area contributed by atoms with Gasteiger partial charge in [0.2, 0.25) is 21.8 Å². The van der Waals surface area contributed by atoms with Crippen LogP contribution in [0.4, 0.5) is 0 Å². The largest absolute Gasteiger partial charge is 0.490 e. The first-order chi connectivity index (χ1) is 18.1. The van der Waals surface area contributed by atoms with E-state index in [4.69, 9.17) is 9.26 Å². The maximum atomic E-state index is 12.7. The molecule has 0 unspecified atom stereocenters. The molecule has 11 nitrogen and oxygen atoms in total. The molecule has 1 aliphatic carbocycles. The molecule has 0 radical (unpaired) electrons. The number of hydrogen-bond donors (Lipinski definition) is 2. The van der Waals surface area contributed by atoms with Gasteiger partial charge in [0.05, 0.1) is 17.8 Å². The second kappa shape index (κ2) is 10.2. The number of aliphatic hydroxyl groups excluding tert-OH is 1. The number of aromatic nitrogens is 2. The third kappa shape index (κ3) is 5.26. The predicted octanol–water partition coefficient (Wildman–Crippen LogP) is 2.17. The van der Waals surface area contributed by atoms with Crippen molar-refractivity contribution in [2.45, 2.75) is 44.9 Å². The first kappa shape index (κ1) is 25.8. The van der Waals surface area contributed by atoms with Gasteiger partial charge >= 0.3 is 0 Å². The van der Waals surface area contributed by atoms with Gasteiger partial charge in [0, 0.05) is 30.3 Å². The van der Waals surface area contributed by atoms with Crippen molar-refractivity contribution < 1.29 is 27.6 Å². The van der Waals surface area contributed by atoms with Gasteiger partial charge in [-0.3, -0.25) is 4.79 Å². The van der Waals surface area contributed by atoms with Crippen LogP contribution in [0, 0.1) is 11.3 Å². The molecule has 1 aliphatic heterocycles. The quantitative estimate of drug-likeness (QED) is 0.439. The molecule has 0 spiro atoms. The number of likely N-dealkylation sites (tertiary alicyclic amines) is 1. The molecule has 1 saturated heterocycles. The van der Waals surface area contributed by atoms with Crippen LogP contribution in [-0.4, -0.2) is 65.5 Å². The lowest BCUT2D eigenvalue weighted by Crippen LogP contribution is -2.55. The Bertz CT molecular complexity index is 1520. The average Bonchev–Trinajstić information content (AvgIpc) is 3.49. The average molecular weight is 538 g/mol. The fourth-order valence-electron chi connectivity index (χ4n) is 4.71. The molecular weight excluding hydrogens is 510 g/mol. The number of ether oxygens (including phenoxy) is 1. The molecule has 2 heterocycles. The van der Waals surface area contributed by atoms with Crippen molar-refractivity contribution in [1.82, 2.24) is 19.8 Å². The second-order valence-electron chi connectivity index (χ2n) is 9.71. The van der Waals surface area contributed by atoms with E-state index in [1.807, 2.05) is 26.0 Å². The van der Waals surface area contributed by atoms with Crippen LogP contribution in [0.5, 0.6) is 5.75 Å². The first-order valence-electron chi connectivity index (χ1n) is 12.3. The fraction of sp³-hybridized carbons (Fsp3) is 0.385. The summed E-state index contributed by atoms with van der Waals surface area (Å²) in [7, 11) is -3.88. The van der Waals surface area contributed by atoms with Crippen LogP contribution in [0.15, 0.2) is 40.9 Å². The Balaban J connectivity index is 1.34. The SMILES string of the molecule is CC(C)Oc1ccc(-c2nc(-c3cccc4c3CC[C@H]4NS(=O)(=O)CC(=O)N3CC(O)C3)no2)cc1C#N. The molecule has 1 aromatic heterocycles. The van der Waals surface area contributed by atoms with Crippen LogP contribution < -0.4 is 9.46 Å². The minimum absolute atomic E-state index is 0.0773. The smallest absolute Gasteiger partial charge is 0.258 e. The van der Waals surface area contributed by atoms with Gasteiger partial charge in [-0.05, 0) is 56.0 Å². The van der Waals surface area contributed by atoms with Gasteiger partial charge in [-0.1, -0.05) is 23.4 Å². The van der Waals surface area contributed by atoms with Crippen LogP contribution in [0.1, 0.15) is 43.0 Å². The zero-order valence-electron chi connectivity index (χ0n) is 20.9. The number of hydrogen-bond acceptors (Lipinski definition) is 9. The molecule has 1 amide bonds. The normalized spacial score (nSPS) is 17.2. The molecule has 0 saturated carbocycles. The van der Waals surface area contributed by atoms with Gasteiger partial charge in [-0.25, -0.2) is 13.1 Å². The van der Waals surface area contributed by atoms with Crippen LogP contribution in [-0.2, 0) is 21.2 Å². The van der Waals surface area contributed by atoms with Crippen molar-refractivity contribution >= 4 is 15.9 Å². The molecular formula is C26H27N5O6S. The molecule has 198 valence electrons. The second-order valence-corrected chi connectivity index (χ2v) is 11.5. The van der Waals surface area contributed by atoms with Gasteiger partial charge < -0.3 is 19.3 Å². The predicted molar refractivity (Wildman–Crippen MR) is 136 cm³/mol. The van der Waals surface area contributed by atoms with E-state index in [1.54, 1.807) is 24.3 Å². The number of nitrogens with zero attached hydrogens (tertiary/aromatic N) is 4. The van der Waals surface area contributed by atoms with Crippen molar-refractivity contribution in [3.63, 3.8) is 0 Å². The van der Waals surface area contributed by atoms with E-state index in [0.717, 1.165) is 16.7 Å². The summed E-state index contributed by atoms with van der Waals surface area (Å²) in [5.74, 6) is -0.115. The minimum atomic E-state index is -3.88. The molecule has 0 bridgehead atoms. The maximum absolute atomic E-state index is 12.7.